The van der Waals surface area contributed by atoms with Crippen molar-refractivity contribution in [1.82, 2.24) is 0 Å². The summed E-state index contributed by atoms with van der Waals surface area (Å²) in [4.78, 5) is 23.2. The molecule has 0 amide bonds. The summed E-state index contributed by atoms with van der Waals surface area (Å²) >= 11 is 0. The Labute approximate surface area is 127 Å². The minimum Gasteiger partial charge on any atom is -0.489 e. The van der Waals surface area contributed by atoms with Crippen molar-refractivity contribution in [3.05, 3.63) is 75.0 Å². The van der Waals surface area contributed by atoms with E-state index in [0.29, 0.717) is 23.5 Å². The molecule has 0 saturated heterocycles. The Bertz CT molecular complexity index is 841. The van der Waals surface area contributed by atoms with Gasteiger partial charge >= 0.3 is 0 Å². The van der Waals surface area contributed by atoms with Crippen LogP contribution in [-0.2, 0) is 0 Å². The second-order valence-electron chi connectivity index (χ2n) is 4.73. The van der Waals surface area contributed by atoms with Gasteiger partial charge in [0, 0.05) is 0 Å². The van der Waals surface area contributed by atoms with Crippen LogP contribution in [0.25, 0.3) is 11.1 Å². The van der Waals surface area contributed by atoms with Crippen LogP contribution in [0.2, 0.25) is 0 Å². The SMILES string of the molecule is CCOc1c(-c2ccc(Oc3ccccc3)cc2)c(=O)c1=O. The smallest absolute Gasteiger partial charge is 0.268 e. The van der Waals surface area contributed by atoms with Crippen molar-refractivity contribution in [1.29, 1.82) is 0 Å². The molecule has 0 spiro atoms. The van der Waals surface area contributed by atoms with Crippen molar-refractivity contribution in [3.8, 4) is 28.4 Å². The number of hydrogen-bond donors (Lipinski definition) is 0. The first kappa shape index (κ1) is 14.1. The van der Waals surface area contributed by atoms with Gasteiger partial charge in [-0.15, -0.1) is 0 Å². The maximum Gasteiger partial charge on any atom is 0.268 e. The predicted molar refractivity (Wildman–Crippen MR) is 84.5 cm³/mol. The predicted octanol–water partition coefficient (Wildman–Crippen LogP) is 3.14. The van der Waals surface area contributed by atoms with Gasteiger partial charge in [0.1, 0.15) is 11.5 Å². The van der Waals surface area contributed by atoms with Crippen LogP contribution in [0.3, 0.4) is 0 Å². The van der Waals surface area contributed by atoms with Crippen molar-refractivity contribution < 1.29 is 9.47 Å². The van der Waals surface area contributed by atoms with E-state index in [9.17, 15) is 9.59 Å². The summed E-state index contributed by atoms with van der Waals surface area (Å²) in [5, 5.41) is 0. The highest BCUT2D eigenvalue weighted by molar-refractivity contribution is 5.74. The number of rotatable bonds is 5. The fraction of sp³-hybridized carbons (Fsp3) is 0.111. The second kappa shape index (κ2) is 5.85. The van der Waals surface area contributed by atoms with Gasteiger partial charge in [0.2, 0.25) is 5.43 Å². The van der Waals surface area contributed by atoms with Crippen LogP contribution in [0, 0.1) is 0 Å². The fourth-order valence-electron chi connectivity index (χ4n) is 2.23. The molecule has 3 aromatic carbocycles. The Morgan fingerprint density at radius 2 is 1.45 bits per heavy atom. The largest absolute Gasteiger partial charge is 0.489 e. The molecule has 0 heterocycles. The summed E-state index contributed by atoms with van der Waals surface area (Å²) in [6.07, 6.45) is 0. The molecule has 0 aromatic heterocycles. The lowest BCUT2D eigenvalue weighted by Crippen LogP contribution is -2.34. The summed E-state index contributed by atoms with van der Waals surface area (Å²) < 4.78 is 10.9. The van der Waals surface area contributed by atoms with Crippen LogP contribution in [0.5, 0.6) is 17.2 Å². The van der Waals surface area contributed by atoms with E-state index in [4.69, 9.17) is 9.47 Å². The van der Waals surface area contributed by atoms with Gasteiger partial charge < -0.3 is 9.47 Å². The quantitative estimate of drug-likeness (QED) is 0.678. The van der Waals surface area contributed by atoms with Gasteiger partial charge in [0.05, 0.1) is 12.2 Å². The first-order valence-electron chi connectivity index (χ1n) is 7.00. The summed E-state index contributed by atoms with van der Waals surface area (Å²) in [5.74, 6) is 1.55. The molecule has 0 aliphatic carbocycles. The molecule has 4 heteroatoms. The van der Waals surface area contributed by atoms with Crippen LogP contribution in [0.1, 0.15) is 6.92 Å². The first-order chi connectivity index (χ1) is 10.7. The van der Waals surface area contributed by atoms with E-state index in [-0.39, 0.29) is 5.75 Å². The van der Waals surface area contributed by atoms with Crippen molar-refractivity contribution >= 4 is 0 Å². The van der Waals surface area contributed by atoms with Crippen molar-refractivity contribution in [2.75, 3.05) is 6.61 Å². The molecule has 0 unspecified atom stereocenters. The Morgan fingerprint density at radius 3 is 2.09 bits per heavy atom. The standard InChI is InChI=1S/C18H14O4/c1-2-21-18-15(16(19)17(18)20)12-8-10-14(11-9-12)22-13-6-4-3-5-7-13/h3-11H,2H2,1H3. The molecule has 0 radical (unpaired) electrons. The highest BCUT2D eigenvalue weighted by Crippen LogP contribution is 2.28. The molecule has 110 valence electrons. The third kappa shape index (κ3) is 2.51. The normalized spacial score (nSPS) is 10.6. The van der Waals surface area contributed by atoms with E-state index in [1.165, 1.54) is 0 Å². The Balaban J connectivity index is 1.85. The number of hydrogen-bond acceptors (Lipinski definition) is 4. The molecule has 0 aliphatic rings. The van der Waals surface area contributed by atoms with E-state index < -0.39 is 10.9 Å². The molecule has 3 aromatic rings. The molecule has 0 fully saturated rings. The zero-order valence-corrected chi connectivity index (χ0v) is 12.0. The minimum absolute atomic E-state index is 0.157. The van der Waals surface area contributed by atoms with Crippen LogP contribution in [-0.4, -0.2) is 6.61 Å². The molecule has 0 bridgehead atoms. The molecule has 0 atom stereocenters. The average Bonchev–Trinajstić information content (AvgIpc) is 2.56. The van der Waals surface area contributed by atoms with Crippen LogP contribution in [0.15, 0.2) is 64.2 Å². The number of benzene rings is 2. The lowest BCUT2D eigenvalue weighted by Gasteiger charge is -2.12. The van der Waals surface area contributed by atoms with E-state index in [2.05, 4.69) is 0 Å². The van der Waals surface area contributed by atoms with Crippen LogP contribution >= 0.6 is 0 Å². The zero-order valence-electron chi connectivity index (χ0n) is 12.0. The fourth-order valence-corrected chi connectivity index (χ4v) is 2.23. The lowest BCUT2D eigenvalue weighted by molar-refractivity contribution is 0.334. The molecular weight excluding hydrogens is 280 g/mol. The summed E-state index contributed by atoms with van der Waals surface area (Å²) in [5.41, 5.74) is -0.0480. The lowest BCUT2D eigenvalue weighted by atomic mass is 10.00. The Hall–Kier alpha value is -2.88. The molecule has 0 N–H and O–H groups in total. The van der Waals surface area contributed by atoms with Gasteiger partial charge in [-0.2, -0.15) is 0 Å². The molecule has 22 heavy (non-hydrogen) atoms. The third-order valence-corrected chi connectivity index (χ3v) is 3.28. The van der Waals surface area contributed by atoms with Crippen molar-refractivity contribution in [3.63, 3.8) is 0 Å². The molecule has 0 aliphatic heterocycles. The number of ether oxygens (including phenoxy) is 2. The van der Waals surface area contributed by atoms with Gasteiger partial charge in [-0.1, -0.05) is 30.3 Å². The van der Waals surface area contributed by atoms with Gasteiger partial charge in [-0.05, 0) is 36.8 Å². The van der Waals surface area contributed by atoms with E-state index in [0.717, 1.165) is 5.75 Å². The maximum absolute atomic E-state index is 11.7. The number of para-hydroxylation sites is 1. The van der Waals surface area contributed by atoms with Gasteiger partial charge in [-0.3, -0.25) is 9.59 Å². The highest BCUT2D eigenvalue weighted by Gasteiger charge is 2.23. The van der Waals surface area contributed by atoms with Gasteiger partial charge in [-0.25, -0.2) is 0 Å². The Kier molecular flexibility index (Phi) is 3.74. The maximum atomic E-state index is 11.7. The molecule has 0 saturated carbocycles. The van der Waals surface area contributed by atoms with Crippen LogP contribution in [0.4, 0.5) is 0 Å². The highest BCUT2D eigenvalue weighted by atomic mass is 16.5. The first-order valence-corrected chi connectivity index (χ1v) is 7.00. The van der Waals surface area contributed by atoms with Gasteiger partial charge in [0.25, 0.3) is 5.43 Å². The molecule has 3 rings (SSSR count). The van der Waals surface area contributed by atoms with Crippen molar-refractivity contribution in [2.24, 2.45) is 0 Å². The summed E-state index contributed by atoms with van der Waals surface area (Å²) in [6.45, 7) is 2.13. The van der Waals surface area contributed by atoms with E-state index >= 15 is 0 Å². The molecule has 4 nitrogen and oxygen atoms in total. The minimum atomic E-state index is -0.554. The average molecular weight is 294 g/mol. The monoisotopic (exact) mass is 294 g/mol. The summed E-state index contributed by atoms with van der Waals surface area (Å²) in [6, 6.07) is 16.4. The van der Waals surface area contributed by atoms with E-state index in [1.54, 1.807) is 31.2 Å². The van der Waals surface area contributed by atoms with Crippen molar-refractivity contribution in [2.45, 2.75) is 6.92 Å². The Morgan fingerprint density at radius 1 is 0.818 bits per heavy atom. The topological polar surface area (TPSA) is 52.6 Å². The van der Waals surface area contributed by atoms with Crippen LogP contribution < -0.4 is 20.3 Å². The van der Waals surface area contributed by atoms with Gasteiger partial charge in [0.15, 0.2) is 5.75 Å². The molecular formula is C18H14O4. The second-order valence-corrected chi connectivity index (χ2v) is 4.73. The summed E-state index contributed by atoms with van der Waals surface area (Å²) in [7, 11) is 0. The van der Waals surface area contributed by atoms with E-state index in [1.807, 2.05) is 30.3 Å². The third-order valence-electron chi connectivity index (χ3n) is 3.28. The zero-order chi connectivity index (χ0) is 15.5.